The predicted molar refractivity (Wildman–Crippen MR) is 248 cm³/mol. The zero-order chi connectivity index (χ0) is 43.2. The van der Waals surface area contributed by atoms with E-state index in [2.05, 4.69) is 13.8 Å². The van der Waals surface area contributed by atoms with Crippen molar-refractivity contribution in [2.75, 3.05) is 26.4 Å². The third-order valence-corrected chi connectivity index (χ3v) is 12.5. The maximum absolute atomic E-state index is 12.6. The molecule has 0 radical (unpaired) electrons. The van der Waals surface area contributed by atoms with Gasteiger partial charge in [0.2, 0.25) is 0 Å². The minimum absolute atomic E-state index is 0.0584. The van der Waals surface area contributed by atoms with Gasteiger partial charge in [0, 0.05) is 19.4 Å². The van der Waals surface area contributed by atoms with Crippen molar-refractivity contribution in [2.24, 2.45) is 5.73 Å². The Hall–Kier alpha value is -0.990. The molecule has 0 aliphatic carbocycles. The molecule has 0 rings (SSSR count). The van der Waals surface area contributed by atoms with Gasteiger partial charge in [-0.1, -0.05) is 245 Å². The van der Waals surface area contributed by atoms with Crippen LogP contribution in [0.3, 0.4) is 0 Å². The predicted octanol–water partition coefficient (Wildman–Crippen LogP) is 15.2. The summed E-state index contributed by atoms with van der Waals surface area (Å²) in [4.78, 5) is 35.0. The van der Waals surface area contributed by atoms with E-state index >= 15 is 0 Å². The van der Waals surface area contributed by atoms with E-state index in [0.29, 0.717) is 6.42 Å². The number of carbonyl (C=O) groups excluding carboxylic acids is 2. The summed E-state index contributed by atoms with van der Waals surface area (Å²) in [6.07, 6.45) is 48.5. The van der Waals surface area contributed by atoms with Crippen molar-refractivity contribution in [1.82, 2.24) is 0 Å². The van der Waals surface area contributed by atoms with E-state index < -0.39 is 26.5 Å². The van der Waals surface area contributed by atoms with Gasteiger partial charge in [0.15, 0.2) is 6.10 Å². The highest BCUT2D eigenvalue weighted by Crippen LogP contribution is 2.43. The third kappa shape index (κ3) is 46.3. The lowest BCUT2D eigenvalue weighted by Gasteiger charge is -2.19. The highest BCUT2D eigenvalue weighted by molar-refractivity contribution is 7.47. The van der Waals surface area contributed by atoms with Gasteiger partial charge in [-0.25, -0.2) is 4.57 Å². The summed E-state index contributed by atoms with van der Waals surface area (Å²) in [5.74, 6) is -0.807. The van der Waals surface area contributed by atoms with Crippen LogP contribution in [-0.4, -0.2) is 49.3 Å². The normalized spacial score (nSPS) is 13.1. The van der Waals surface area contributed by atoms with Crippen LogP contribution < -0.4 is 5.73 Å². The fraction of sp³-hybridized carbons (Fsp3) is 0.959. The van der Waals surface area contributed by atoms with Gasteiger partial charge in [-0.2, -0.15) is 0 Å². The molecule has 0 fully saturated rings. The first-order valence-electron chi connectivity index (χ1n) is 25.5. The molecule has 10 heteroatoms. The molecule has 2 atom stereocenters. The fourth-order valence-electron chi connectivity index (χ4n) is 7.70. The molecule has 0 bridgehead atoms. The number of phosphoric acid groups is 1. The zero-order valence-electron chi connectivity index (χ0n) is 39.0. The lowest BCUT2D eigenvalue weighted by Crippen LogP contribution is -2.29. The summed E-state index contributed by atoms with van der Waals surface area (Å²) in [6.45, 7) is 3.80. The Kier molecular flexibility index (Phi) is 45.7. The van der Waals surface area contributed by atoms with Crippen LogP contribution in [0.25, 0.3) is 0 Å². The lowest BCUT2D eigenvalue weighted by atomic mass is 10.0. The Morgan fingerprint density at radius 2 is 0.729 bits per heavy atom. The summed E-state index contributed by atoms with van der Waals surface area (Å²) in [7, 11) is -4.37. The molecule has 352 valence electrons. The molecule has 0 aromatic rings. The highest BCUT2D eigenvalue weighted by atomic mass is 31.2. The Morgan fingerprint density at radius 3 is 1.03 bits per heavy atom. The molecule has 0 amide bonds. The van der Waals surface area contributed by atoms with Crippen molar-refractivity contribution in [3.63, 3.8) is 0 Å². The molecule has 0 aromatic carbocycles. The molecule has 0 spiro atoms. The number of rotatable bonds is 49. The zero-order valence-corrected chi connectivity index (χ0v) is 39.9. The average Bonchev–Trinajstić information content (AvgIpc) is 3.22. The van der Waals surface area contributed by atoms with Crippen LogP contribution >= 0.6 is 7.82 Å². The van der Waals surface area contributed by atoms with Gasteiger partial charge >= 0.3 is 19.8 Å². The number of esters is 2. The van der Waals surface area contributed by atoms with Crippen LogP contribution in [0.1, 0.15) is 271 Å². The molecule has 0 aromatic heterocycles. The van der Waals surface area contributed by atoms with E-state index in [1.54, 1.807) is 0 Å². The van der Waals surface area contributed by atoms with Crippen LogP contribution in [0.2, 0.25) is 0 Å². The van der Waals surface area contributed by atoms with Gasteiger partial charge in [0.1, 0.15) is 6.61 Å². The summed E-state index contributed by atoms with van der Waals surface area (Å²) in [5.41, 5.74) is 5.37. The maximum atomic E-state index is 12.6. The first-order valence-corrected chi connectivity index (χ1v) is 27.0. The fourth-order valence-corrected chi connectivity index (χ4v) is 8.46. The summed E-state index contributed by atoms with van der Waals surface area (Å²) in [6, 6.07) is 0. The van der Waals surface area contributed by atoms with E-state index in [0.717, 1.165) is 32.1 Å². The first kappa shape index (κ1) is 58.0. The van der Waals surface area contributed by atoms with E-state index in [1.807, 2.05) is 0 Å². The third-order valence-electron chi connectivity index (χ3n) is 11.5. The SMILES string of the molecule is CCCCCCCCCCCCCCCCCCCCCCCCC(=O)OC(COC(=O)CCCCCCCCCCCCCCCCCC)COP(=O)(O)OCCN. The molecule has 0 aliphatic heterocycles. The molecular weight excluding hydrogens is 762 g/mol. The lowest BCUT2D eigenvalue weighted by molar-refractivity contribution is -0.161. The van der Waals surface area contributed by atoms with Crippen molar-refractivity contribution in [3.05, 3.63) is 0 Å². The summed E-state index contributed by atoms with van der Waals surface area (Å²) in [5, 5.41) is 0. The molecule has 0 heterocycles. The van der Waals surface area contributed by atoms with E-state index in [-0.39, 0.29) is 38.6 Å². The van der Waals surface area contributed by atoms with Gasteiger partial charge in [-0.05, 0) is 12.8 Å². The Labute approximate surface area is 365 Å². The molecule has 0 aliphatic rings. The Balaban J connectivity index is 3.98. The number of nitrogens with two attached hydrogens (primary N) is 1. The minimum Gasteiger partial charge on any atom is -0.462 e. The van der Waals surface area contributed by atoms with Crippen molar-refractivity contribution in [1.29, 1.82) is 0 Å². The second-order valence-corrected chi connectivity index (χ2v) is 18.9. The van der Waals surface area contributed by atoms with Crippen LogP contribution in [0, 0.1) is 0 Å². The van der Waals surface area contributed by atoms with Gasteiger partial charge < -0.3 is 20.1 Å². The summed E-state index contributed by atoms with van der Waals surface area (Å²) < 4.78 is 32.9. The van der Waals surface area contributed by atoms with Gasteiger partial charge in [-0.3, -0.25) is 18.6 Å². The second kappa shape index (κ2) is 46.5. The smallest absolute Gasteiger partial charge is 0.462 e. The molecular formula is C49H98NO8P. The monoisotopic (exact) mass is 860 g/mol. The number of phosphoric ester groups is 1. The highest BCUT2D eigenvalue weighted by Gasteiger charge is 2.26. The van der Waals surface area contributed by atoms with Gasteiger partial charge in [0.25, 0.3) is 0 Å². The molecule has 9 nitrogen and oxygen atoms in total. The van der Waals surface area contributed by atoms with Crippen molar-refractivity contribution in [2.45, 2.75) is 277 Å². The minimum atomic E-state index is -4.37. The number of hydrogen-bond donors (Lipinski definition) is 2. The molecule has 2 unspecified atom stereocenters. The van der Waals surface area contributed by atoms with Crippen molar-refractivity contribution < 1.29 is 37.6 Å². The standard InChI is InChI=1S/C49H98NO8P/c1-3-5-7-9-11-13-15-17-19-21-22-23-24-25-26-28-30-32-34-36-38-40-42-49(52)58-47(46-57-59(53,54)56-44-43-50)45-55-48(51)41-39-37-35-33-31-29-27-20-18-16-14-12-10-8-6-4-2/h47H,3-46,50H2,1-2H3,(H,53,54). The summed E-state index contributed by atoms with van der Waals surface area (Å²) >= 11 is 0. The van der Waals surface area contributed by atoms with Gasteiger partial charge in [-0.15, -0.1) is 0 Å². The Morgan fingerprint density at radius 1 is 0.441 bits per heavy atom. The van der Waals surface area contributed by atoms with E-state index in [4.69, 9.17) is 24.3 Å². The topological polar surface area (TPSA) is 134 Å². The largest absolute Gasteiger partial charge is 0.472 e. The van der Waals surface area contributed by atoms with Crippen LogP contribution in [0.4, 0.5) is 0 Å². The molecule has 0 saturated carbocycles. The van der Waals surface area contributed by atoms with Crippen molar-refractivity contribution >= 4 is 19.8 Å². The average molecular weight is 860 g/mol. The second-order valence-electron chi connectivity index (χ2n) is 17.4. The number of carbonyl (C=O) groups is 2. The van der Waals surface area contributed by atoms with Crippen molar-refractivity contribution in [3.8, 4) is 0 Å². The van der Waals surface area contributed by atoms with Gasteiger partial charge in [0.05, 0.1) is 13.2 Å². The molecule has 3 N–H and O–H groups in total. The first-order chi connectivity index (χ1) is 28.8. The Bertz CT molecular complexity index is 938. The van der Waals surface area contributed by atoms with E-state index in [1.165, 1.54) is 205 Å². The van der Waals surface area contributed by atoms with Crippen LogP contribution in [0.15, 0.2) is 0 Å². The maximum Gasteiger partial charge on any atom is 0.472 e. The molecule has 59 heavy (non-hydrogen) atoms. The van der Waals surface area contributed by atoms with Crippen LogP contribution in [0.5, 0.6) is 0 Å². The number of unbranched alkanes of at least 4 members (excludes halogenated alkanes) is 36. The van der Waals surface area contributed by atoms with E-state index in [9.17, 15) is 19.0 Å². The van der Waals surface area contributed by atoms with Crippen LogP contribution in [-0.2, 0) is 32.7 Å². The number of hydrogen-bond acceptors (Lipinski definition) is 8. The number of ether oxygens (including phenoxy) is 2. The molecule has 0 saturated heterocycles. The quantitative estimate of drug-likeness (QED) is 0.0348.